The fourth-order valence-corrected chi connectivity index (χ4v) is 2.08. The van der Waals surface area contributed by atoms with E-state index in [1.165, 1.54) is 11.1 Å². The minimum atomic E-state index is 0.124. The number of rotatable bonds is 3. The first-order valence-corrected chi connectivity index (χ1v) is 5.62. The molecule has 0 aromatic carbocycles. The summed E-state index contributed by atoms with van der Waals surface area (Å²) in [7, 11) is 0. The Hall–Kier alpha value is -1.06. The van der Waals surface area contributed by atoms with Crippen LogP contribution in [0.15, 0.2) is 35.3 Å². The lowest BCUT2D eigenvalue weighted by Crippen LogP contribution is -2.03. The second-order valence-electron chi connectivity index (χ2n) is 3.54. The van der Waals surface area contributed by atoms with E-state index in [4.69, 9.17) is 5.73 Å². The Labute approximate surface area is 88.0 Å². The van der Waals surface area contributed by atoms with Crippen LogP contribution in [0, 0.1) is 0 Å². The van der Waals surface area contributed by atoms with Crippen molar-refractivity contribution < 1.29 is 0 Å². The van der Waals surface area contributed by atoms with E-state index in [-0.39, 0.29) is 6.04 Å². The van der Waals surface area contributed by atoms with Crippen LogP contribution in [0.1, 0.15) is 24.1 Å². The van der Waals surface area contributed by atoms with E-state index >= 15 is 0 Å². The molecule has 0 radical (unpaired) electrons. The van der Waals surface area contributed by atoms with Gasteiger partial charge in [0.05, 0.1) is 0 Å². The quantitative estimate of drug-likeness (QED) is 0.822. The maximum absolute atomic E-state index is 5.79. The Morgan fingerprint density at radius 2 is 2.36 bits per heavy atom. The van der Waals surface area contributed by atoms with Crippen LogP contribution in [0.4, 0.5) is 0 Å². The van der Waals surface area contributed by atoms with E-state index in [9.17, 15) is 0 Å². The molecule has 3 heteroatoms. The molecule has 0 aliphatic rings. The third-order valence-electron chi connectivity index (χ3n) is 2.24. The summed E-state index contributed by atoms with van der Waals surface area (Å²) in [5, 5.41) is 4.27. The van der Waals surface area contributed by atoms with Gasteiger partial charge in [-0.05, 0) is 40.9 Å². The minimum Gasteiger partial charge on any atom is -0.350 e. The summed E-state index contributed by atoms with van der Waals surface area (Å²) in [4.78, 5) is 0. The lowest BCUT2D eigenvalue weighted by Gasteiger charge is -2.01. The summed E-state index contributed by atoms with van der Waals surface area (Å²) in [6, 6.07) is 4.35. The molecule has 0 saturated heterocycles. The van der Waals surface area contributed by atoms with Gasteiger partial charge in [0.15, 0.2) is 0 Å². The summed E-state index contributed by atoms with van der Waals surface area (Å²) in [6.07, 6.45) is 4.19. The molecular weight excluding hydrogens is 192 g/mol. The van der Waals surface area contributed by atoms with Crippen LogP contribution in [0.2, 0.25) is 0 Å². The van der Waals surface area contributed by atoms with Gasteiger partial charge < -0.3 is 10.3 Å². The van der Waals surface area contributed by atoms with Gasteiger partial charge in [-0.25, -0.2) is 0 Å². The highest BCUT2D eigenvalue weighted by atomic mass is 32.1. The maximum Gasteiger partial charge on any atom is 0.0478 e. The lowest BCUT2D eigenvalue weighted by molar-refractivity contribution is 0.779. The Morgan fingerprint density at radius 3 is 2.93 bits per heavy atom. The highest BCUT2D eigenvalue weighted by molar-refractivity contribution is 7.07. The van der Waals surface area contributed by atoms with E-state index in [0.29, 0.717) is 0 Å². The standard InChI is InChI=1S/C11H14N2S/c1-9(12)11-2-4-13(7-11)6-10-3-5-14-8-10/h2-5,7-9H,6,12H2,1H3. The molecule has 2 heterocycles. The molecule has 1 atom stereocenters. The zero-order valence-electron chi connectivity index (χ0n) is 8.18. The van der Waals surface area contributed by atoms with Gasteiger partial charge >= 0.3 is 0 Å². The van der Waals surface area contributed by atoms with Gasteiger partial charge in [-0.2, -0.15) is 11.3 Å². The Bertz CT molecular complexity index is 387. The molecule has 0 saturated carbocycles. The van der Waals surface area contributed by atoms with Crippen LogP contribution in [-0.2, 0) is 6.54 Å². The average Bonchev–Trinajstić information content (AvgIpc) is 2.75. The Balaban J connectivity index is 2.11. The fraction of sp³-hybridized carbons (Fsp3) is 0.273. The van der Waals surface area contributed by atoms with Crippen LogP contribution in [0.5, 0.6) is 0 Å². The van der Waals surface area contributed by atoms with Gasteiger partial charge in [0.1, 0.15) is 0 Å². The molecule has 0 spiro atoms. The number of hydrogen-bond donors (Lipinski definition) is 1. The molecule has 74 valence electrons. The molecule has 0 aliphatic heterocycles. The zero-order valence-corrected chi connectivity index (χ0v) is 9.00. The van der Waals surface area contributed by atoms with Gasteiger partial charge in [-0.15, -0.1) is 0 Å². The normalized spacial score (nSPS) is 13.0. The van der Waals surface area contributed by atoms with Crippen molar-refractivity contribution in [2.75, 3.05) is 0 Å². The van der Waals surface area contributed by atoms with E-state index in [0.717, 1.165) is 6.54 Å². The van der Waals surface area contributed by atoms with Crippen LogP contribution in [0.25, 0.3) is 0 Å². The minimum absolute atomic E-state index is 0.124. The summed E-state index contributed by atoms with van der Waals surface area (Å²) in [6.45, 7) is 2.94. The summed E-state index contributed by atoms with van der Waals surface area (Å²) in [5.41, 5.74) is 8.33. The molecule has 0 aliphatic carbocycles. The molecule has 0 amide bonds. The van der Waals surface area contributed by atoms with Gasteiger partial charge in [0.25, 0.3) is 0 Å². The first kappa shape index (κ1) is 9.49. The molecule has 0 bridgehead atoms. The molecule has 2 N–H and O–H groups in total. The first-order chi connectivity index (χ1) is 6.75. The zero-order chi connectivity index (χ0) is 9.97. The molecule has 1 unspecified atom stereocenters. The van der Waals surface area contributed by atoms with E-state index in [1.807, 2.05) is 6.92 Å². The van der Waals surface area contributed by atoms with Crippen molar-refractivity contribution in [2.45, 2.75) is 19.5 Å². The van der Waals surface area contributed by atoms with Crippen molar-refractivity contribution in [1.29, 1.82) is 0 Å². The van der Waals surface area contributed by atoms with Gasteiger partial charge in [0, 0.05) is 25.0 Å². The third kappa shape index (κ3) is 2.05. The second-order valence-corrected chi connectivity index (χ2v) is 4.32. The number of nitrogens with two attached hydrogens (primary N) is 1. The average molecular weight is 206 g/mol. The van der Waals surface area contributed by atoms with Crippen LogP contribution in [-0.4, -0.2) is 4.57 Å². The largest absolute Gasteiger partial charge is 0.350 e. The van der Waals surface area contributed by atoms with E-state index in [1.54, 1.807) is 11.3 Å². The van der Waals surface area contributed by atoms with Crippen molar-refractivity contribution in [3.63, 3.8) is 0 Å². The number of hydrogen-bond acceptors (Lipinski definition) is 2. The molecule has 0 fully saturated rings. The summed E-state index contributed by atoms with van der Waals surface area (Å²) in [5.74, 6) is 0. The SMILES string of the molecule is CC(N)c1ccn(Cc2ccsc2)c1. The molecule has 2 rings (SSSR count). The van der Waals surface area contributed by atoms with Crippen molar-refractivity contribution in [3.05, 3.63) is 46.4 Å². The number of thiophene rings is 1. The van der Waals surface area contributed by atoms with Crippen LogP contribution in [0.3, 0.4) is 0 Å². The van der Waals surface area contributed by atoms with Crippen molar-refractivity contribution in [3.8, 4) is 0 Å². The van der Waals surface area contributed by atoms with Crippen molar-refractivity contribution in [2.24, 2.45) is 5.73 Å². The highest BCUT2D eigenvalue weighted by Crippen LogP contribution is 2.13. The van der Waals surface area contributed by atoms with E-state index in [2.05, 4.69) is 39.9 Å². The number of aromatic nitrogens is 1. The molecule has 2 nitrogen and oxygen atoms in total. The van der Waals surface area contributed by atoms with Crippen LogP contribution < -0.4 is 5.73 Å². The topological polar surface area (TPSA) is 30.9 Å². The highest BCUT2D eigenvalue weighted by Gasteiger charge is 2.01. The van der Waals surface area contributed by atoms with Gasteiger partial charge in [-0.3, -0.25) is 0 Å². The number of nitrogens with zero attached hydrogens (tertiary/aromatic N) is 1. The molecule has 14 heavy (non-hydrogen) atoms. The Morgan fingerprint density at radius 1 is 1.50 bits per heavy atom. The second kappa shape index (κ2) is 3.98. The monoisotopic (exact) mass is 206 g/mol. The van der Waals surface area contributed by atoms with E-state index < -0.39 is 0 Å². The van der Waals surface area contributed by atoms with Crippen LogP contribution >= 0.6 is 11.3 Å². The smallest absolute Gasteiger partial charge is 0.0478 e. The molecular formula is C11H14N2S. The Kier molecular flexibility index (Phi) is 2.70. The van der Waals surface area contributed by atoms with Crippen molar-refractivity contribution in [1.82, 2.24) is 4.57 Å². The first-order valence-electron chi connectivity index (χ1n) is 4.68. The predicted molar refractivity (Wildman–Crippen MR) is 60.5 cm³/mol. The van der Waals surface area contributed by atoms with Crippen molar-refractivity contribution >= 4 is 11.3 Å². The predicted octanol–water partition coefficient (Wildman–Crippen LogP) is 2.62. The maximum atomic E-state index is 5.79. The molecule has 2 aromatic rings. The lowest BCUT2D eigenvalue weighted by atomic mass is 10.2. The third-order valence-corrected chi connectivity index (χ3v) is 2.98. The van der Waals surface area contributed by atoms with Gasteiger partial charge in [0.2, 0.25) is 0 Å². The fourth-order valence-electron chi connectivity index (χ4n) is 1.42. The summed E-state index contributed by atoms with van der Waals surface area (Å²) >= 11 is 1.73. The molecule has 2 aromatic heterocycles. The van der Waals surface area contributed by atoms with Gasteiger partial charge in [-0.1, -0.05) is 0 Å². The summed E-state index contributed by atoms with van der Waals surface area (Å²) < 4.78 is 2.17.